The van der Waals surface area contributed by atoms with Crippen molar-refractivity contribution in [3.8, 4) is 0 Å². The molecule has 114 valence electrons. The molecule has 0 bridgehead atoms. The molecule has 0 saturated heterocycles. The van der Waals surface area contributed by atoms with Crippen LogP contribution in [0.4, 0.5) is 4.39 Å². The number of halogens is 1. The second kappa shape index (κ2) is 7.37. The number of hydrogen-bond acceptors (Lipinski definition) is 3. The van der Waals surface area contributed by atoms with E-state index in [1.54, 1.807) is 0 Å². The molecular weight excluding hydrogens is 279 g/mol. The molecular formula is C14H17FN2O4. The van der Waals surface area contributed by atoms with Gasteiger partial charge in [0.1, 0.15) is 6.67 Å². The van der Waals surface area contributed by atoms with Crippen molar-refractivity contribution in [2.24, 2.45) is 0 Å². The molecule has 0 aliphatic carbocycles. The van der Waals surface area contributed by atoms with Crippen LogP contribution in [0.3, 0.4) is 0 Å². The van der Waals surface area contributed by atoms with Crippen LogP contribution in [-0.2, 0) is 4.79 Å². The first-order valence-corrected chi connectivity index (χ1v) is 6.35. The van der Waals surface area contributed by atoms with Crippen molar-refractivity contribution in [1.82, 2.24) is 10.6 Å². The van der Waals surface area contributed by atoms with Crippen molar-refractivity contribution in [2.75, 3.05) is 6.67 Å². The lowest BCUT2D eigenvalue weighted by atomic mass is 10.1. The molecule has 0 aliphatic rings. The van der Waals surface area contributed by atoms with Gasteiger partial charge in [-0.1, -0.05) is 0 Å². The summed E-state index contributed by atoms with van der Waals surface area (Å²) >= 11 is 0. The van der Waals surface area contributed by atoms with Gasteiger partial charge in [-0.3, -0.25) is 9.59 Å². The molecule has 1 unspecified atom stereocenters. The normalized spacial score (nSPS) is 11.8. The molecule has 7 heteroatoms. The standard InChI is InChI=1S/C14H17FN2O4/c1-8(2)16-12(18)9-3-5-10(6-4-9)13(19)17-11(7-15)14(20)21/h3-6,8,11H,7H2,1-2H3,(H,16,18)(H,17,19)(H,20,21). The first-order valence-electron chi connectivity index (χ1n) is 6.35. The summed E-state index contributed by atoms with van der Waals surface area (Å²) in [6.45, 7) is 2.45. The van der Waals surface area contributed by atoms with Gasteiger partial charge in [-0.2, -0.15) is 0 Å². The zero-order valence-electron chi connectivity index (χ0n) is 11.7. The molecule has 3 N–H and O–H groups in total. The largest absolute Gasteiger partial charge is 0.480 e. The predicted octanol–water partition coefficient (Wildman–Crippen LogP) is 0.977. The second-order valence-electron chi connectivity index (χ2n) is 4.72. The van der Waals surface area contributed by atoms with Gasteiger partial charge in [-0.05, 0) is 38.1 Å². The third-order valence-electron chi connectivity index (χ3n) is 2.59. The first-order chi connectivity index (χ1) is 9.85. The molecule has 1 aromatic carbocycles. The van der Waals surface area contributed by atoms with Crippen molar-refractivity contribution < 1.29 is 23.9 Å². The fraction of sp³-hybridized carbons (Fsp3) is 0.357. The average molecular weight is 296 g/mol. The zero-order chi connectivity index (χ0) is 16.0. The molecule has 0 radical (unpaired) electrons. The van der Waals surface area contributed by atoms with E-state index in [2.05, 4.69) is 5.32 Å². The Kier molecular flexibility index (Phi) is 5.83. The fourth-order valence-corrected chi connectivity index (χ4v) is 1.53. The molecule has 21 heavy (non-hydrogen) atoms. The van der Waals surface area contributed by atoms with E-state index in [0.29, 0.717) is 5.56 Å². The van der Waals surface area contributed by atoms with Gasteiger partial charge in [0.15, 0.2) is 6.04 Å². The maximum absolute atomic E-state index is 12.4. The van der Waals surface area contributed by atoms with E-state index in [-0.39, 0.29) is 17.5 Å². The number of benzene rings is 1. The number of carbonyl (C=O) groups is 3. The minimum atomic E-state index is -1.58. The summed E-state index contributed by atoms with van der Waals surface area (Å²) in [6, 6.07) is 4.04. The maximum Gasteiger partial charge on any atom is 0.328 e. The Hall–Kier alpha value is -2.44. The molecule has 0 fully saturated rings. The van der Waals surface area contributed by atoms with Crippen LogP contribution in [-0.4, -0.2) is 41.6 Å². The number of hydrogen-bond donors (Lipinski definition) is 3. The van der Waals surface area contributed by atoms with Crippen LogP contribution in [0, 0.1) is 0 Å². The summed E-state index contributed by atoms with van der Waals surface area (Å²) in [6.07, 6.45) is 0. The molecule has 0 heterocycles. The Bertz CT molecular complexity index is 528. The Morgan fingerprint density at radius 2 is 1.48 bits per heavy atom. The number of nitrogens with one attached hydrogen (secondary N) is 2. The smallest absolute Gasteiger partial charge is 0.328 e. The first kappa shape index (κ1) is 16.6. The van der Waals surface area contributed by atoms with Crippen molar-refractivity contribution in [3.05, 3.63) is 35.4 Å². The molecule has 0 spiro atoms. The van der Waals surface area contributed by atoms with Gasteiger partial charge in [0, 0.05) is 17.2 Å². The number of alkyl halides is 1. The van der Waals surface area contributed by atoms with Crippen LogP contribution >= 0.6 is 0 Å². The summed E-state index contributed by atoms with van der Waals surface area (Å²) in [7, 11) is 0. The molecule has 1 aromatic rings. The van der Waals surface area contributed by atoms with Gasteiger partial charge in [0.25, 0.3) is 11.8 Å². The third-order valence-corrected chi connectivity index (χ3v) is 2.59. The maximum atomic E-state index is 12.4. The van der Waals surface area contributed by atoms with Crippen LogP contribution in [0.5, 0.6) is 0 Å². The molecule has 0 saturated carbocycles. The predicted molar refractivity (Wildman–Crippen MR) is 73.9 cm³/mol. The van der Waals surface area contributed by atoms with Gasteiger partial charge >= 0.3 is 5.97 Å². The quantitative estimate of drug-likeness (QED) is 0.729. The van der Waals surface area contributed by atoms with Crippen molar-refractivity contribution >= 4 is 17.8 Å². The highest BCUT2D eigenvalue weighted by molar-refractivity contribution is 5.99. The number of carboxylic acids is 1. The molecule has 1 atom stereocenters. The summed E-state index contributed by atoms with van der Waals surface area (Å²) < 4.78 is 12.4. The minimum absolute atomic E-state index is 0.0126. The second-order valence-corrected chi connectivity index (χ2v) is 4.72. The molecule has 0 aromatic heterocycles. The van der Waals surface area contributed by atoms with Gasteiger partial charge in [0.2, 0.25) is 0 Å². The Morgan fingerprint density at radius 3 is 1.81 bits per heavy atom. The van der Waals surface area contributed by atoms with Gasteiger partial charge in [-0.15, -0.1) is 0 Å². The minimum Gasteiger partial charge on any atom is -0.480 e. The highest BCUT2D eigenvalue weighted by Crippen LogP contribution is 2.05. The number of amides is 2. The zero-order valence-corrected chi connectivity index (χ0v) is 11.7. The van der Waals surface area contributed by atoms with Crippen molar-refractivity contribution in [3.63, 3.8) is 0 Å². The summed E-state index contributed by atoms with van der Waals surface area (Å²) in [5, 5.41) is 13.4. The van der Waals surface area contributed by atoms with Crippen LogP contribution in [0.15, 0.2) is 24.3 Å². The molecule has 0 aliphatic heterocycles. The lowest BCUT2D eigenvalue weighted by molar-refractivity contribution is -0.139. The van der Waals surface area contributed by atoms with Gasteiger partial charge < -0.3 is 15.7 Å². The summed E-state index contributed by atoms with van der Waals surface area (Å²) in [5.41, 5.74) is 0.524. The van der Waals surface area contributed by atoms with E-state index in [1.165, 1.54) is 24.3 Å². The van der Waals surface area contributed by atoms with Crippen LogP contribution in [0.2, 0.25) is 0 Å². The van der Waals surface area contributed by atoms with E-state index in [9.17, 15) is 18.8 Å². The number of rotatable bonds is 6. The molecule has 6 nitrogen and oxygen atoms in total. The highest BCUT2D eigenvalue weighted by Gasteiger charge is 2.20. The van der Waals surface area contributed by atoms with Crippen LogP contribution < -0.4 is 10.6 Å². The number of carboxylic acid groups (broad SMARTS) is 1. The van der Waals surface area contributed by atoms with E-state index in [0.717, 1.165) is 0 Å². The SMILES string of the molecule is CC(C)NC(=O)c1ccc(C(=O)NC(CF)C(=O)O)cc1. The van der Waals surface area contributed by atoms with E-state index < -0.39 is 24.6 Å². The lowest BCUT2D eigenvalue weighted by Crippen LogP contribution is -2.42. The topological polar surface area (TPSA) is 95.5 Å². The monoisotopic (exact) mass is 296 g/mol. The van der Waals surface area contributed by atoms with Crippen LogP contribution in [0.1, 0.15) is 34.6 Å². The third kappa shape index (κ3) is 4.87. The van der Waals surface area contributed by atoms with Crippen molar-refractivity contribution in [2.45, 2.75) is 25.9 Å². The van der Waals surface area contributed by atoms with E-state index in [1.807, 2.05) is 19.2 Å². The van der Waals surface area contributed by atoms with E-state index >= 15 is 0 Å². The van der Waals surface area contributed by atoms with Gasteiger partial charge in [0.05, 0.1) is 0 Å². The Morgan fingerprint density at radius 1 is 1.05 bits per heavy atom. The van der Waals surface area contributed by atoms with E-state index in [4.69, 9.17) is 5.11 Å². The number of aliphatic carboxylic acids is 1. The Balaban J connectivity index is 2.75. The van der Waals surface area contributed by atoms with Gasteiger partial charge in [-0.25, -0.2) is 9.18 Å². The summed E-state index contributed by atoms with van der Waals surface area (Å²) in [5.74, 6) is -2.43. The molecule has 2 amide bonds. The average Bonchev–Trinajstić information content (AvgIpc) is 2.43. The highest BCUT2D eigenvalue weighted by atomic mass is 19.1. The summed E-state index contributed by atoms with van der Waals surface area (Å²) in [4.78, 5) is 34.1. The van der Waals surface area contributed by atoms with Crippen molar-refractivity contribution in [1.29, 1.82) is 0 Å². The van der Waals surface area contributed by atoms with Crippen LogP contribution in [0.25, 0.3) is 0 Å². The Labute approximate surface area is 121 Å². The fourth-order valence-electron chi connectivity index (χ4n) is 1.53. The number of carbonyl (C=O) groups excluding carboxylic acids is 2. The molecule has 1 rings (SSSR count). The lowest BCUT2D eigenvalue weighted by Gasteiger charge is -2.11.